The minimum atomic E-state index is 0.239. The molecule has 1 aliphatic heterocycles. The fraction of sp³-hybridized carbons (Fsp3) is 0.476. The van der Waals surface area contributed by atoms with E-state index >= 15 is 0 Å². The SMILES string of the molecule is Cc1ccc(CN(CC(=O)N2CCN(c3ncccn3)CC2)C2CC2)cc1. The molecule has 1 saturated carbocycles. The maximum absolute atomic E-state index is 12.9. The zero-order valence-corrected chi connectivity index (χ0v) is 15.9. The van der Waals surface area contributed by atoms with Crippen LogP contribution in [0.3, 0.4) is 0 Å². The minimum Gasteiger partial charge on any atom is -0.338 e. The van der Waals surface area contributed by atoms with Crippen molar-refractivity contribution in [1.29, 1.82) is 0 Å². The molecule has 0 atom stereocenters. The zero-order valence-electron chi connectivity index (χ0n) is 15.9. The van der Waals surface area contributed by atoms with Gasteiger partial charge in [-0.1, -0.05) is 29.8 Å². The number of rotatable bonds is 6. The molecule has 2 heterocycles. The normalized spacial score (nSPS) is 17.4. The molecule has 1 aromatic heterocycles. The van der Waals surface area contributed by atoms with Crippen LogP contribution >= 0.6 is 0 Å². The Morgan fingerprint density at radius 1 is 1.07 bits per heavy atom. The van der Waals surface area contributed by atoms with Gasteiger partial charge in [0.2, 0.25) is 11.9 Å². The molecule has 6 heteroatoms. The summed E-state index contributed by atoms with van der Waals surface area (Å²) in [5, 5.41) is 0. The van der Waals surface area contributed by atoms with Gasteiger partial charge in [-0.2, -0.15) is 0 Å². The molecule has 27 heavy (non-hydrogen) atoms. The van der Waals surface area contributed by atoms with E-state index in [-0.39, 0.29) is 5.91 Å². The van der Waals surface area contributed by atoms with Gasteiger partial charge in [0.05, 0.1) is 6.54 Å². The third-order valence-electron chi connectivity index (χ3n) is 5.38. The van der Waals surface area contributed by atoms with Crippen molar-refractivity contribution in [2.45, 2.75) is 32.4 Å². The first-order valence-electron chi connectivity index (χ1n) is 9.78. The summed E-state index contributed by atoms with van der Waals surface area (Å²) < 4.78 is 0. The van der Waals surface area contributed by atoms with Crippen LogP contribution in [0.15, 0.2) is 42.7 Å². The summed E-state index contributed by atoms with van der Waals surface area (Å²) in [7, 11) is 0. The van der Waals surface area contributed by atoms with Gasteiger partial charge in [-0.05, 0) is 31.4 Å². The number of piperazine rings is 1. The van der Waals surface area contributed by atoms with Gasteiger partial charge >= 0.3 is 0 Å². The Hall–Kier alpha value is -2.47. The number of benzene rings is 1. The largest absolute Gasteiger partial charge is 0.338 e. The fourth-order valence-corrected chi connectivity index (χ4v) is 3.57. The molecule has 2 aromatic rings. The van der Waals surface area contributed by atoms with Crippen molar-refractivity contribution >= 4 is 11.9 Å². The van der Waals surface area contributed by atoms with Crippen LogP contribution in [0.4, 0.5) is 5.95 Å². The van der Waals surface area contributed by atoms with Gasteiger partial charge < -0.3 is 9.80 Å². The van der Waals surface area contributed by atoms with Crippen molar-refractivity contribution in [1.82, 2.24) is 19.8 Å². The maximum atomic E-state index is 12.9. The standard InChI is InChI=1S/C21H27N5O/c1-17-3-5-18(6-4-17)15-26(19-7-8-19)16-20(27)24-11-13-25(14-12-24)21-22-9-2-10-23-21/h2-6,9-10,19H,7-8,11-16H2,1H3. The van der Waals surface area contributed by atoms with Crippen molar-refractivity contribution in [2.75, 3.05) is 37.6 Å². The first kappa shape index (κ1) is 17.9. The molecule has 0 N–H and O–H groups in total. The number of anilines is 1. The van der Waals surface area contributed by atoms with E-state index in [2.05, 4.69) is 51.0 Å². The van der Waals surface area contributed by atoms with Gasteiger partial charge in [0.15, 0.2) is 0 Å². The third-order valence-corrected chi connectivity index (χ3v) is 5.38. The van der Waals surface area contributed by atoms with Crippen LogP contribution in [0.25, 0.3) is 0 Å². The van der Waals surface area contributed by atoms with E-state index in [1.165, 1.54) is 24.0 Å². The lowest BCUT2D eigenvalue weighted by atomic mass is 10.1. The number of aryl methyl sites for hydroxylation is 1. The molecular weight excluding hydrogens is 338 g/mol. The molecule has 2 fully saturated rings. The average Bonchev–Trinajstić information content (AvgIpc) is 3.55. The molecule has 142 valence electrons. The molecule has 0 radical (unpaired) electrons. The van der Waals surface area contributed by atoms with Crippen molar-refractivity contribution in [2.24, 2.45) is 0 Å². The predicted octanol–water partition coefficient (Wildman–Crippen LogP) is 2.10. The van der Waals surface area contributed by atoms with Crippen LogP contribution in [0.5, 0.6) is 0 Å². The molecule has 0 spiro atoms. The van der Waals surface area contributed by atoms with E-state index in [9.17, 15) is 4.79 Å². The first-order chi connectivity index (χ1) is 13.2. The predicted molar refractivity (Wildman–Crippen MR) is 105 cm³/mol. The molecule has 6 nitrogen and oxygen atoms in total. The summed E-state index contributed by atoms with van der Waals surface area (Å²) in [6.07, 6.45) is 5.94. The van der Waals surface area contributed by atoms with E-state index in [0.29, 0.717) is 12.6 Å². The fourth-order valence-electron chi connectivity index (χ4n) is 3.57. The molecule has 4 rings (SSSR count). The first-order valence-corrected chi connectivity index (χ1v) is 9.78. The molecule has 1 saturated heterocycles. The number of hydrogen-bond acceptors (Lipinski definition) is 5. The summed E-state index contributed by atoms with van der Waals surface area (Å²) in [6, 6.07) is 11.0. The van der Waals surface area contributed by atoms with E-state index in [0.717, 1.165) is 38.7 Å². The highest BCUT2D eigenvalue weighted by Gasteiger charge is 2.32. The quantitative estimate of drug-likeness (QED) is 0.785. The topological polar surface area (TPSA) is 52.6 Å². The summed E-state index contributed by atoms with van der Waals surface area (Å²) in [5.41, 5.74) is 2.56. The Morgan fingerprint density at radius 2 is 1.74 bits per heavy atom. The summed E-state index contributed by atoms with van der Waals surface area (Å²) in [6.45, 7) is 6.52. The summed E-state index contributed by atoms with van der Waals surface area (Å²) in [4.78, 5) is 28.0. The molecule has 0 bridgehead atoms. The van der Waals surface area contributed by atoms with Gasteiger partial charge in [0, 0.05) is 51.2 Å². The molecule has 1 aliphatic carbocycles. The van der Waals surface area contributed by atoms with Crippen LogP contribution in [0.2, 0.25) is 0 Å². The van der Waals surface area contributed by atoms with Gasteiger partial charge in [0.25, 0.3) is 0 Å². The number of aromatic nitrogens is 2. The van der Waals surface area contributed by atoms with E-state index in [4.69, 9.17) is 0 Å². The Morgan fingerprint density at radius 3 is 2.37 bits per heavy atom. The lowest BCUT2D eigenvalue weighted by Crippen LogP contribution is -2.51. The van der Waals surface area contributed by atoms with Gasteiger partial charge in [-0.15, -0.1) is 0 Å². The molecular formula is C21H27N5O. The summed E-state index contributed by atoms with van der Waals surface area (Å²) >= 11 is 0. The second-order valence-corrected chi connectivity index (χ2v) is 7.54. The monoisotopic (exact) mass is 365 g/mol. The highest BCUT2D eigenvalue weighted by atomic mass is 16.2. The van der Waals surface area contributed by atoms with Crippen LogP contribution < -0.4 is 4.90 Å². The molecule has 1 amide bonds. The number of carbonyl (C=O) groups is 1. The minimum absolute atomic E-state index is 0.239. The molecule has 1 aromatic carbocycles. The second kappa shape index (κ2) is 8.05. The van der Waals surface area contributed by atoms with Crippen molar-refractivity contribution in [3.63, 3.8) is 0 Å². The third kappa shape index (κ3) is 4.63. The zero-order chi connectivity index (χ0) is 18.6. The molecule has 2 aliphatic rings. The van der Waals surface area contributed by atoms with E-state index in [1.807, 2.05) is 11.0 Å². The second-order valence-electron chi connectivity index (χ2n) is 7.54. The van der Waals surface area contributed by atoms with E-state index in [1.54, 1.807) is 12.4 Å². The Balaban J connectivity index is 1.31. The number of hydrogen-bond donors (Lipinski definition) is 0. The van der Waals surface area contributed by atoms with Gasteiger partial charge in [-0.3, -0.25) is 9.69 Å². The van der Waals surface area contributed by atoms with Crippen molar-refractivity contribution < 1.29 is 4.79 Å². The van der Waals surface area contributed by atoms with Crippen LogP contribution in [-0.2, 0) is 11.3 Å². The highest BCUT2D eigenvalue weighted by Crippen LogP contribution is 2.28. The van der Waals surface area contributed by atoms with Gasteiger partial charge in [-0.25, -0.2) is 9.97 Å². The number of carbonyl (C=O) groups excluding carboxylic acids is 1. The Bertz CT molecular complexity index is 752. The number of amides is 1. The van der Waals surface area contributed by atoms with Crippen molar-refractivity contribution in [3.05, 3.63) is 53.9 Å². The maximum Gasteiger partial charge on any atom is 0.236 e. The Labute approximate surface area is 160 Å². The average molecular weight is 365 g/mol. The van der Waals surface area contributed by atoms with Crippen molar-refractivity contribution in [3.8, 4) is 0 Å². The van der Waals surface area contributed by atoms with Gasteiger partial charge in [0.1, 0.15) is 0 Å². The van der Waals surface area contributed by atoms with E-state index < -0.39 is 0 Å². The Kier molecular flexibility index (Phi) is 5.34. The van der Waals surface area contributed by atoms with Crippen LogP contribution in [-0.4, -0.2) is 64.4 Å². The number of nitrogens with zero attached hydrogens (tertiary/aromatic N) is 5. The summed E-state index contributed by atoms with van der Waals surface area (Å²) in [5.74, 6) is 0.992. The lowest BCUT2D eigenvalue weighted by Gasteiger charge is -2.35. The molecule has 0 unspecified atom stereocenters. The lowest BCUT2D eigenvalue weighted by molar-refractivity contribution is -0.133. The highest BCUT2D eigenvalue weighted by molar-refractivity contribution is 5.78. The van der Waals surface area contributed by atoms with Crippen LogP contribution in [0.1, 0.15) is 24.0 Å². The smallest absolute Gasteiger partial charge is 0.236 e. The van der Waals surface area contributed by atoms with Crippen LogP contribution in [0, 0.1) is 6.92 Å².